The lowest BCUT2D eigenvalue weighted by atomic mass is 10.1. The van der Waals surface area contributed by atoms with Gasteiger partial charge in [0.25, 0.3) is 5.91 Å². The Hall–Kier alpha value is -2.90. The van der Waals surface area contributed by atoms with Crippen LogP contribution in [0.5, 0.6) is 11.5 Å². The third-order valence-corrected chi connectivity index (χ3v) is 5.62. The Morgan fingerprint density at radius 2 is 1.77 bits per heavy atom. The summed E-state index contributed by atoms with van der Waals surface area (Å²) in [6, 6.07) is 15.7. The predicted octanol–water partition coefficient (Wildman–Crippen LogP) is 4.25. The first-order valence-corrected chi connectivity index (χ1v) is 10.7. The summed E-state index contributed by atoms with van der Waals surface area (Å²) in [5.41, 5.74) is 2.50. The van der Waals surface area contributed by atoms with Gasteiger partial charge < -0.3 is 19.7 Å². The van der Waals surface area contributed by atoms with Crippen LogP contribution in [0.2, 0.25) is 0 Å². The molecule has 0 saturated carbocycles. The van der Waals surface area contributed by atoms with Gasteiger partial charge in [-0.25, -0.2) is 4.98 Å². The molecule has 7 heteroatoms. The average Bonchev–Trinajstić information content (AvgIpc) is 3.25. The van der Waals surface area contributed by atoms with E-state index in [1.165, 1.54) is 11.3 Å². The number of nitrogens with zero attached hydrogens (tertiary/aromatic N) is 2. The SMILES string of the molecule is CCOc1ccc(-c2nc(C(=O)NCC(c3ccc(OC)cc3)N(C)C)cs2)cc1. The summed E-state index contributed by atoms with van der Waals surface area (Å²) >= 11 is 1.45. The predicted molar refractivity (Wildman–Crippen MR) is 120 cm³/mol. The molecule has 1 amide bonds. The molecule has 0 aliphatic heterocycles. The molecule has 2 aromatic carbocycles. The van der Waals surface area contributed by atoms with Crippen molar-refractivity contribution < 1.29 is 14.3 Å². The summed E-state index contributed by atoms with van der Waals surface area (Å²) in [5.74, 6) is 1.46. The van der Waals surface area contributed by atoms with E-state index in [0.717, 1.165) is 27.6 Å². The molecule has 1 unspecified atom stereocenters. The average molecular weight is 426 g/mol. The summed E-state index contributed by atoms with van der Waals surface area (Å²) in [6.07, 6.45) is 0. The first kappa shape index (κ1) is 21.8. The van der Waals surface area contributed by atoms with Gasteiger partial charge in [0.2, 0.25) is 0 Å². The van der Waals surface area contributed by atoms with E-state index in [9.17, 15) is 4.79 Å². The number of carbonyl (C=O) groups is 1. The van der Waals surface area contributed by atoms with Gasteiger partial charge in [-0.15, -0.1) is 11.3 Å². The number of likely N-dealkylation sites (N-methyl/N-ethyl adjacent to an activating group) is 1. The lowest BCUT2D eigenvalue weighted by Crippen LogP contribution is -2.34. The Kier molecular flexibility index (Phi) is 7.43. The molecule has 0 fully saturated rings. The van der Waals surface area contributed by atoms with Crippen LogP contribution < -0.4 is 14.8 Å². The monoisotopic (exact) mass is 425 g/mol. The number of hydrogen-bond donors (Lipinski definition) is 1. The Morgan fingerprint density at radius 1 is 1.10 bits per heavy atom. The van der Waals surface area contributed by atoms with Crippen molar-refractivity contribution in [2.24, 2.45) is 0 Å². The van der Waals surface area contributed by atoms with Gasteiger partial charge in [0, 0.05) is 17.5 Å². The third-order valence-electron chi connectivity index (χ3n) is 4.73. The minimum absolute atomic E-state index is 0.0454. The second-order valence-electron chi connectivity index (χ2n) is 6.96. The number of rotatable bonds is 9. The molecule has 0 spiro atoms. The molecule has 158 valence electrons. The van der Waals surface area contributed by atoms with E-state index >= 15 is 0 Å². The molecule has 0 saturated heterocycles. The number of carbonyl (C=O) groups excluding carboxylic acids is 1. The largest absolute Gasteiger partial charge is 0.497 e. The lowest BCUT2D eigenvalue weighted by molar-refractivity contribution is 0.0937. The van der Waals surface area contributed by atoms with Gasteiger partial charge in [-0.3, -0.25) is 4.79 Å². The number of aromatic nitrogens is 1. The molecule has 1 N–H and O–H groups in total. The molecule has 0 aliphatic rings. The van der Waals surface area contributed by atoms with Crippen LogP contribution in [0.15, 0.2) is 53.9 Å². The second-order valence-corrected chi connectivity index (χ2v) is 7.82. The summed E-state index contributed by atoms with van der Waals surface area (Å²) in [7, 11) is 5.63. The Morgan fingerprint density at radius 3 is 2.37 bits per heavy atom. The van der Waals surface area contributed by atoms with Gasteiger partial charge >= 0.3 is 0 Å². The molecule has 3 aromatic rings. The standard InChI is InChI=1S/C23H27N3O3S/c1-5-29-19-12-8-17(9-13-19)23-25-20(15-30-23)22(27)24-14-21(26(2)3)16-6-10-18(28-4)11-7-16/h6-13,15,21H,5,14H2,1-4H3,(H,24,27). The summed E-state index contributed by atoms with van der Waals surface area (Å²) in [4.78, 5) is 19.2. The van der Waals surface area contributed by atoms with Gasteiger partial charge in [0.1, 0.15) is 22.2 Å². The molecular formula is C23H27N3O3S. The van der Waals surface area contributed by atoms with E-state index in [1.54, 1.807) is 12.5 Å². The number of nitrogens with one attached hydrogen (secondary N) is 1. The van der Waals surface area contributed by atoms with Gasteiger partial charge in [-0.1, -0.05) is 12.1 Å². The van der Waals surface area contributed by atoms with Crippen LogP contribution in [0.3, 0.4) is 0 Å². The van der Waals surface area contributed by atoms with Crippen LogP contribution in [0.25, 0.3) is 10.6 Å². The maximum Gasteiger partial charge on any atom is 0.270 e. The smallest absolute Gasteiger partial charge is 0.270 e. The Bertz CT molecular complexity index is 953. The zero-order valence-electron chi connectivity index (χ0n) is 17.7. The third kappa shape index (κ3) is 5.37. The highest BCUT2D eigenvalue weighted by Gasteiger charge is 2.18. The number of amides is 1. The minimum Gasteiger partial charge on any atom is -0.497 e. The molecule has 0 bridgehead atoms. The van der Waals surface area contributed by atoms with Crippen molar-refractivity contribution in [1.29, 1.82) is 0 Å². The van der Waals surface area contributed by atoms with Crippen LogP contribution in [-0.2, 0) is 0 Å². The minimum atomic E-state index is -0.177. The topological polar surface area (TPSA) is 63.7 Å². The quantitative estimate of drug-likeness (QED) is 0.555. The molecule has 0 radical (unpaired) electrons. The first-order valence-electron chi connectivity index (χ1n) is 9.79. The van der Waals surface area contributed by atoms with Crippen molar-refractivity contribution in [2.45, 2.75) is 13.0 Å². The second kappa shape index (κ2) is 10.2. The van der Waals surface area contributed by atoms with Crippen molar-refractivity contribution in [3.8, 4) is 22.1 Å². The Labute approximate surface area is 181 Å². The van der Waals surface area contributed by atoms with Crippen LogP contribution in [0.1, 0.15) is 29.0 Å². The van der Waals surface area contributed by atoms with Crippen molar-refractivity contribution in [2.75, 3.05) is 34.4 Å². The maximum atomic E-state index is 12.7. The number of thiazole rings is 1. The molecule has 1 heterocycles. The fourth-order valence-electron chi connectivity index (χ4n) is 3.08. The zero-order valence-corrected chi connectivity index (χ0v) is 18.5. The van der Waals surface area contributed by atoms with Crippen molar-refractivity contribution in [3.63, 3.8) is 0 Å². The van der Waals surface area contributed by atoms with E-state index < -0.39 is 0 Å². The number of benzene rings is 2. The Balaban J connectivity index is 1.65. The van der Waals surface area contributed by atoms with Crippen molar-refractivity contribution in [3.05, 3.63) is 65.2 Å². The summed E-state index contributed by atoms with van der Waals surface area (Å²) < 4.78 is 10.7. The van der Waals surface area contributed by atoms with Crippen LogP contribution in [-0.4, -0.2) is 50.1 Å². The van der Waals surface area contributed by atoms with Gasteiger partial charge in [-0.05, 0) is 63.0 Å². The molecule has 1 aromatic heterocycles. The molecule has 3 rings (SSSR count). The molecule has 30 heavy (non-hydrogen) atoms. The highest BCUT2D eigenvalue weighted by Crippen LogP contribution is 2.26. The molecule has 1 atom stereocenters. The van der Waals surface area contributed by atoms with E-state index in [-0.39, 0.29) is 11.9 Å². The van der Waals surface area contributed by atoms with Crippen LogP contribution >= 0.6 is 11.3 Å². The van der Waals surface area contributed by atoms with Crippen LogP contribution in [0.4, 0.5) is 0 Å². The number of hydrogen-bond acceptors (Lipinski definition) is 6. The molecule has 6 nitrogen and oxygen atoms in total. The maximum absolute atomic E-state index is 12.7. The van der Waals surface area contributed by atoms with E-state index in [4.69, 9.17) is 9.47 Å². The zero-order chi connectivity index (χ0) is 21.5. The van der Waals surface area contributed by atoms with Crippen molar-refractivity contribution in [1.82, 2.24) is 15.2 Å². The highest BCUT2D eigenvalue weighted by molar-refractivity contribution is 7.13. The fraction of sp³-hybridized carbons (Fsp3) is 0.304. The first-order chi connectivity index (χ1) is 14.5. The molecule has 0 aliphatic carbocycles. The van der Waals surface area contributed by atoms with E-state index in [2.05, 4.69) is 15.2 Å². The number of methoxy groups -OCH3 is 1. The van der Waals surface area contributed by atoms with E-state index in [1.807, 2.05) is 69.6 Å². The van der Waals surface area contributed by atoms with Crippen molar-refractivity contribution >= 4 is 17.2 Å². The van der Waals surface area contributed by atoms with Gasteiger partial charge in [-0.2, -0.15) is 0 Å². The van der Waals surface area contributed by atoms with Gasteiger partial charge in [0.15, 0.2) is 0 Å². The fourth-order valence-corrected chi connectivity index (χ4v) is 3.88. The van der Waals surface area contributed by atoms with E-state index in [0.29, 0.717) is 18.8 Å². The lowest BCUT2D eigenvalue weighted by Gasteiger charge is -2.25. The molecular weight excluding hydrogens is 398 g/mol. The normalized spacial score (nSPS) is 11.9. The van der Waals surface area contributed by atoms with Gasteiger partial charge in [0.05, 0.1) is 19.8 Å². The summed E-state index contributed by atoms with van der Waals surface area (Å²) in [5, 5.41) is 5.61. The summed E-state index contributed by atoms with van der Waals surface area (Å²) in [6.45, 7) is 3.06. The number of ether oxygens (including phenoxy) is 2. The van der Waals surface area contributed by atoms with Crippen LogP contribution in [0, 0.1) is 0 Å². The highest BCUT2D eigenvalue weighted by atomic mass is 32.1.